The topological polar surface area (TPSA) is 3.88 Å². The predicted molar refractivity (Wildman–Crippen MR) is 119 cm³/mol. The monoisotopic (exact) mass is 377 g/mol. The molecule has 0 saturated heterocycles. The molecule has 3 aromatic rings. The van der Waals surface area contributed by atoms with Gasteiger partial charge in [-0.05, 0) is 78.8 Å². The second kappa shape index (κ2) is 7.91. The number of hydrogen-bond donors (Lipinski definition) is 0. The van der Waals surface area contributed by atoms with E-state index in [1.165, 1.54) is 0 Å². The van der Waals surface area contributed by atoms with E-state index in [4.69, 9.17) is 9.60 Å². The summed E-state index contributed by atoms with van der Waals surface area (Å²) in [6.07, 6.45) is 6.87. The van der Waals surface area contributed by atoms with Gasteiger partial charge in [0.1, 0.15) is 7.05 Å². The van der Waals surface area contributed by atoms with Gasteiger partial charge in [0.25, 0.3) is 0 Å². The van der Waals surface area contributed by atoms with Gasteiger partial charge in [-0.25, -0.2) is 4.57 Å². The molecular formula is C27H32N+. The van der Waals surface area contributed by atoms with Gasteiger partial charge in [0.05, 0.1) is 0 Å². The summed E-state index contributed by atoms with van der Waals surface area (Å²) in [6.45, 7) is -2.90. The molecule has 1 aliphatic carbocycles. The highest BCUT2D eigenvalue weighted by Gasteiger charge is 2.21. The Kier molecular flexibility index (Phi) is 3.45. The number of aromatic nitrogens is 1. The third-order valence-corrected chi connectivity index (χ3v) is 5.87. The first kappa shape index (κ1) is 12.2. The summed E-state index contributed by atoms with van der Waals surface area (Å²) in [5, 5.41) is 0. The number of nitrogens with zero attached hydrogens (tertiary/aromatic N) is 1. The molecule has 0 amide bonds. The Morgan fingerprint density at radius 1 is 0.857 bits per heavy atom. The maximum absolute atomic E-state index is 9.09. The zero-order chi connectivity index (χ0) is 25.6. The van der Waals surface area contributed by atoms with Crippen molar-refractivity contribution < 1.29 is 14.2 Å². The fourth-order valence-corrected chi connectivity index (χ4v) is 4.25. The van der Waals surface area contributed by atoms with Crippen LogP contribution in [0.25, 0.3) is 22.4 Å². The summed E-state index contributed by atoms with van der Waals surface area (Å²) in [5.74, 6) is -0.621. The summed E-state index contributed by atoms with van der Waals surface area (Å²) >= 11 is 0. The second-order valence-electron chi connectivity index (χ2n) is 7.83. The van der Waals surface area contributed by atoms with E-state index in [9.17, 15) is 0 Å². The standard InChI is InChI=1S/C27H32N/c1-19-10-8-9-13-24(19)25-18-26(21(3)16-20(25)2)27-17-23(14-15-28(27)4)22-11-6-5-7-12-22/h8-10,13-18,22H,5-7,11-12H2,1-4H3/q+1/i1D3,2D3,22D. The molecule has 1 heteroatoms. The normalized spacial score (nSPS) is 20.7. The lowest BCUT2D eigenvalue weighted by molar-refractivity contribution is -0.660. The quantitative estimate of drug-likeness (QED) is 0.441. The zero-order valence-electron chi connectivity index (χ0n) is 23.7. The van der Waals surface area contributed by atoms with Crippen molar-refractivity contribution in [3.8, 4) is 22.4 Å². The highest BCUT2D eigenvalue weighted by Crippen LogP contribution is 2.36. The van der Waals surface area contributed by atoms with Gasteiger partial charge in [0, 0.05) is 27.3 Å². The molecule has 0 unspecified atom stereocenters. The Morgan fingerprint density at radius 2 is 1.64 bits per heavy atom. The van der Waals surface area contributed by atoms with E-state index in [2.05, 4.69) is 6.07 Å². The molecule has 1 heterocycles. The molecule has 0 radical (unpaired) electrons. The van der Waals surface area contributed by atoms with Crippen molar-refractivity contribution in [2.75, 3.05) is 0 Å². The molecule has 0 aliphatic heterocycles. The van der Waals surface area contributed by atoms with Crippen LogP contribution in [0.3, 0.4) is 0 Å². The van der Waals surface area contributed by atoms with Gasteiger partial charge in [-0.3, -0.25) is 0 Å². The van der Waals surface area contributed by atoms with Crippen LogP contribution in [0.15, 0.2) is 54.7 Å². The van der Waals surface area contributed by atoms with Crippen molar-refractivity contribution in [1.82, 2.24) is 0 Å². The van der Waals surface area contributed by atoms with E-state index in [0.29, 0.717) is 11.1 Å². The van der Waals surface area contributed by atoms with Gasteiger partial charge in [-0.15, -0.1) is 0 Å². The van der Waals surface area contributed by atoms with Crippen LogP contribution in [0.4, 0.5) is 0 Å². The Hall–Kier alpha value is -2.41. The number of hydrogen-bond acceptors (Lipinski definition) is 0. The first-order valence-corrected chi connectivity index (χ1v) is 10.1. The second-order valence-corrected chi connectivity index (χ2v) is 7.83. The number of pyridine rings is 1. The smallest absolute Gasteiger partial charge is 0.201 e. The molecule has 1 nitrogen and oxygen atoms in total. The third-order valence-electron chi connectivity index (χ3n) is 5.87. The molecule has 28 heavy (non-hydrogen) atoms. The molecule has 1 aromatic heterocycles. The fourth-order valence-electron chi connectivity index (χ4n) is 4.25. The van der Waals surface area contributed by atoms with Crippen molar-refractivity contribution in [3.05, 3.63) is 77.0 Å². The van der Waals surface area contributed by atoms with E-state index in [-0.39, 0.29) is 11.1 Å². The Bertz CT molecular complexity index is 1240. The third kappa shape index (κ3) is 3.63. The van der Waals surface area contributed by atoms with Gasteiger partial charge in [-0.2, -0.15) is 0 Å². The lowest BCUT2D eigenvalue weighted by Gasteiger charge is -2.22. The molecule has 0 bridgehead atoms. The molecular weight excluding hydrogens is 338 g/mol. The maximum atomic E-state index is 9.09. The zero-order valence-corrected chi connectivity index (χ0v) is 16.7. The first-order valence-electron chi connectivity index (χ1n) is 13.6. The van der Waals surface area contributed by atoms with E-state index in [0.717, 1.165) is 54.5 Å². The summed E-state index contributed by atoms with van der Waals surface area (Å²) in [4.78, 5) is 0. The predicted octanol–water partition coefficient (Wildman–Crippen LogP) is 6.82. The average molecular weight is 378 g/mol. The maximum Gasteiger partial charge on any atom is 0.212 e. The highest BCUT2D eigenvalue weighted by atomic mass is 14.9. The molecule has 1 aliphatic rings. The average Bonchev–Trinajstić information content (AvgIpc) is 2.79. The molecule has 0 N–H and O–H groups in total. The summed E-state index contributed by atoms with van der Waals surface area (Å²) in [7, 11) is 1.93. The summed E-state index contributed by atoms with van der Waals surface area (Å²) < 4.78 is 59.6. The molecule has 4 rings (SSSR count). The SMILES string of the molecule is [2H]C([2H])([2H])c1ccccc1-c1cc(-c2cc(C3([2H])CCCCC3)cc[n+]2C)c(C)cc1C([2H])([2H])[2H]. The number of benzene rings is 2. The van der Waals surface area contributed by atoms with Crippen LogP contribution >= 0.6 is 0 Å². The van der Waals surface area contributed by atoms with Crippen molar-refractivity contribution in [3.63, 3.8) is 0 Å². The van der Waals surface area contributed by atoms with Crippen LogP contribution in [0.5, 0.6) is 0 Å². The minimum atomic E-state index is -2.40. The minimum absolute atomic E-state index is 0.130. The van der Waals surface area contributed by atoms with Crippen LogP contribution in [0.2, 0.25) is 0 Å². The highest BCUT2D eigenvalue weighted by molar-refractivity contribution is 5.77. The van der Waals surface area contributed by atoms with Crippen molar-refractivity contribution in [2.24, 2.45) is 7.05 Å². The van der Waals surface area contributed by atoms with E-state index < -0.39 is 19.6 Å². The Morgan fingerprint density at radius 3 is 2.43 bits per heavy atom. The van der Waals surface area contributed by atoms with Crippen molar-refractivity contribution >= 4 is 0 Å². The van der Waals surface area contributed by atoms with E-state index in [1.54, 1.807) is 30.3 Å². The molecule has 144 valence electrons. The molecule has 2 aromatic carbocycles. The fraction of sp³-hybridized carbons (Fsp3) is 0.370. The van der Waals surface area contributed by atoms with Crippen molar-refractivity contribution in [1.29, 1.82) is 0 Å². The lowest BCUT2D eigenvalue weighted by atomic mass is 9.83. The van der Waals surface area contributed by atoms with Gasteiger partial charge < -0.3 is 0 Å². The number of rotatable bonds is 3. The van der Waals surface area contributed by atoms with Gasteiger partial charge in [0.2, 0.25) is 5.69 Å². The molecule has 1 saturated carbocycles. The first-order chi connectivity index (χ1) is 16.3. The van der Waals surface area contributed by atoms with Gasteiger partial charge in [0.15, 0.2) is 6.20 Å². The van der Waals surface area contributed by atoms with Crippen LogP contribution in [0.1, 0.15) is 69.8 Å². The van der Waals surface area contributed by atoms with Gasteiger partial charge in [-0.1, -0.05) is 49.6 Å². The Labute approximate surface area is 179 Å². The van der Waals surface area contributed by atoms with Crippen molar-refractivity contribution in [2.45, 2.75) is 58.6 Å². The molecule has 0 atom stereocenters. The summed E-state index contributed by atoms with van der Waals surface area (Å²) in [6, 6.07) is 14.2. The molecule has 1 fully saturated rings. The Balaban J connectivity index is 1.96. The van der Waals surface area contributed by atoms with Crippen LogP contribution < -0.4 is 4.57 Å². The number of aryl methyl sites for hydroxylation is 4. The van der Waals surface area contributed by atoms with Gasteiger partial charge >= 0.3 is 0 Å². The minimum Gasteiger partial charge on any atom is -0.201 e. The van der Waals surface area contributed by atoms with Crippen LogP contribution in [-0.4, -0.2) is 0 Å². The largest absolute Gasteiger partial charge is 0.212 e. The lowest BCUT2D eigenvalue weighted by Crippen LogP contribution is -2.31. The van der Waals surface area contributed by atoms with Crippen LogP contribution in [-0.2, 0) is 7.05 Å². The van der Waals surface area contributed by atoms with E-state index in [1.807, 2.05) is 36.9 Å². The molecule has 0 spiro atoms. The van der Waals surface area contributed by atoms with Crippen LogP contribution in [0, 0.1) is 20.6 Å². The van der Waals surface area contributed by atoms with E-state index >= 15 is 0 Å². The summed E-state index contributed by atoms with van der Waals surface area (Å²) in [5.41, 5.74) is 4.54.